The molecule has 1 aromatic heterocycles. The number of aromatic nitrogens is 1. The largest absolute Gasteiger partial charge is 0.383 e. The van der Waals surface area contributed by atoms with E-state index < -0.39 is 0 Å². The fraction of sp³-hybridized carbons (Fsp3) is 0.684. The lowest BCUT2D eigenvalue weighted by atomic mass is 9.79. The van der Waals surface area contributed by atoms with Gasteiger partial charge >= 0.3 is 0 Å². The summed E-state index contributed by atoms with van der Waals surface area (Å²) < 4.78 is 5.86. The van der Waals surface area contributed by atoms with Crippen molar-refractivity contribution >= 4 is 5.82 Å². The molecule has 0 bridgehead atoms. The van der Waals surface area contributed by atoms with Gasteiger partial charge in [-0.1, -0.05) is 0 Å². The smallest absolute Gasteiger partial charge is 0.141 e. The molecule has 24 heavy (non-hydrogen) atoms. The zero-order chi connectivity index (χ0) is 17.3. The predicted molar refractivity (Wildman–Crippen MR) is 95.0 cm³/mol. The summed E-state index contributed by atoms with van der Waals surface area (Å²) in [4.78, 5) is 4.67. The Labute approximate surface area is 144 Å². The molecule has 0 spiro atoms. The second-order valence-electron chi connectivity index (χ2n) is 7.73. The molecule has 2 aliphatic heterocycles. The highest BCUT2D eigenvalue weighted by Crippen LogP contribution is 2.40. The molecule has 1 aromatic rings. The van der Waals surface area contributed by atoms with Crippen LogP contribution in [-0.2, 0) is 4.74 Å². The van der Waals surface area contributed by atoms with E-state index in [2.05, 4.69) is 37.1 Å². The van der Waals surface area contributed by atoms with Crippen LogP contribution in [0.25, 0.3) is 0 Å². The molecule has 3 rings (SSSR count). The number of rotatable bonds is 2. The van der Waals surface area contributed by atoms with Crippen LogP contribution in [0.15, 0.2) is 0 Å². The molecule has 0 amide bonds. The fourth-order valence-corrected chi connectivity index (χ4v) is 4.33. The average molecular weight is 328 g/mol. The van der Waals surface area contributed by atoms with Crippen molar-refractivity contribution in [2.24, 2.45) is 0 Å². The molecule has 2 aliphatic rings. The standard InChI is InChI=1S/C19H28N4O/c1-12-16(13-4-7-22-8-5-13)15(11-20)18(21)23-17(12)14-6-9-24-19(2,3)10-14/h13-14,22H,4-10H2,1-3H3,(H2,21,23). The highest BCUT2D eigenvalue weighted by atomic mass is 16.5. The van der Waals surface area contributed by atoms with E-state index in [1.54, 1.807) is 0 Å². The van der Waals surface area contributed by atoms with E-state index >= 15 is 0 Å². The maximum absolute atomic E-state index is 9.63. The van der Waals surface area contributed by atoms with E-state index in [1.807, 2.05) is 0 Å². The Morgan fingerprint density at radius 2 is 1.96 bits per heavy atom. The fourth-order valence-electron chi connectivity index (χ4n) is 4.33. The summed E-state index contributed by atoms with van der Waals surface area (Å²) in [5.41, 5.74) is 10.1. The van der Waals surface area contributed by atoms with Crippen LogP contribution in [0.1, 0.15) is 73.8 Å². The van der Waals surface area contributed by atoms with Gasteiger partial charge in [-0.05, 0) is 76.6 Å². The van der Waals surface area contributed by atoms with E-state index in [0.29, 0.717) is 23.2 Å². The number of nitriles is 1. The predicted octanol–water partition coefficient (Wildman–Crippen LogP) is 2.98. The second kappa shape index (κ2) is 6.70. The third kappa shape index (κ3) is 3.26. The van der Waals surface area contributed by atoms with Gasteiger partial charge in [0.15, 0.2) is 0 Å². The Bertz CT molecular complexity index is 656. The number of nitrogen functional groups attached to an aromatic ring is 1. The second-order valence-corrected chi connectivity index (χ2v) is 7.73. The van der Waals surface area contributed by atoms with Crippen molar-refractivity contribution in [3.8, 4) is 6.07 Å². The number of pyridine rings is 1. The topological polar surface area (TPSA) is 84.0 Å². The zero-order valence-corrected chi connectivity index (χ0v) is 15.0. The van der Waals surface area contributed by atoms with Crippen molar-refractivity contribution < 1.29 is 4.74 Å². The van der Waals surface area contributed by atoms with Gasteiger partial charge in [0.25, 0.3) is 0 Å². The van der Waals surface area contributed by atoms with Crippen molar-refractivity contribution in [3.05, 3.63) is 22.4 Å². The van der Waals surface area contributed by atoms with Gasteiger partial charge in [0.1, 0.15) is 11.9 Å². The first-order valence-corrected chi connectivity index (χ1v) is 8.97. The quantitative estimate of drug-likeness (QED) is 0.872. The number of anilines is 1. The van der Waals surface area contributed by atoms with Gasteiger partial charge < -0.3 is 15.8 Å². The van der Waals surface area contributed by atoms with Gasteiger partial charge in [-0.25, -0.2) is 4.98 Å². The summed E-state index contributed by atoms with van der Waals surface area (Å²) >= 11 is 0. The van der Waals surface area contributed by atoms with Crippen molar-refractivity contribution in [2.75, 3.05) is 25.4 Å². The Morgan fingerprint density at radius 1 is 1.25 bits per heavy atom. The van der Waals surface area contributed by atoms with Crippen LogP contribution in [0, 0.1) is 18.3 Å². The first-order chi connectivity index (χ1) is 11.4. The molecular formula is C19H28N4O. The number of ether oxygens (including phenoxy) is 1. The monoisotopic (exact) mass is 328 g/mol. The van der Waals surface area contributed by atoms with Gasteiger partial charge in [-0.3, -0.25) is 0 Å². The number of piperidine rings is 1. The Kier molecular flexibility index (Phi) is 4.80. The molecule has 0 aromatic carbocycles. The van der Waals surface area contributed by atoms with Gasteiger partial charge in [0, 0.05) is 18.2 Å². The molecule has 2 saturated heterocycles. The molecule has 0 aliphatic carbocycles. The normalized spacial score (nSPS) is 24.5. The molecule has 130 valence electrons. The van der Waals surface area contributed by atoms with Crippen molar-refractivity contribution in [3.63, 3.8) is 0 Å². The molecule has 5 nitrogen and oxygen atoms in total. The first kappa shape index (κ1) is 17.2. The van der Waals surface area contributed by atoms with Crippen LogP contribution in [0.3, 0.4) is 0 Å². The van der Waals surface area contributed by atoms with Gasteiger partial charge in [0.05, 0.1) is 11.2 Å². The van der Waals surface area contributed by atoms with Crippen molar-refractivity contribution in [2.45, 2.75) is 63.9 Å². The number of nitrogens with two attached hydrogens (primary N) is 1. The van der Waals surface area contributed by atoms with Crippen LogP contribution in [-0.4, -0.2) is 30.3 Å². The molecule has 0 radical (unpaired) electrons. The first-order valence-electron chi connectivity index (χ1n) is 8.97. The van der Waals surface area contributed by atoms with E-state index in [-0.39, 0.29) is 5.60 Å². The molecule has 3 N–H and O–H groups in total. The van der Waals surface area contributed by atoms with Gasteiger partial charge in [-0.15, -0.1) is 0 Å². The summed E-state index contributed by atoms with van der Waals surface area (Å²) in [5.74, 6) is 1.15. The zero-order valence-electron chi connectivity index (χ0n) is 15.0. The van der Waals surface area contributed by atoms with Gasteiger partial charge in [-0.2, -0.15) is 5.26 Å². The molecule has 0 saturated carbocycles. The Balaban J connectivity index is 2.05. The number of nitrogens with zero attached hydrogens (tertiary/aromatic N) is 2. The van der Waals surface area contributed by atoms with Crippen molar-refractivity contribution in [1.82, 2.24) is 10.3 Å². The number of hydrogen-bond donors (Lipinski definition) is 2. The average Bonchev–Trinajstić information content (AvgIpc) is 2.56. The minimum Gasteiger partial charge on any atom is -0.383 e. The lowest BCUT2D eigenvalue weighted by Gasteiger charge is -2.36. The van der Waals surface area contributed by atoms with Gasteiger partial charge in [0.2, 0.25) is 0 Å². The molecule has 2 fully saturated rings. The Morgan fingerprint density at radius 3 is 2.58 bits per heavy atom. The summed E-state index contributed by atoms with van der Waals surface area (Å²) in [5, 5.41) is 13.0. The molecule has 1 atom stereocenters. The van der Waals surface area contributed by atoms with E-state index in [4.69, 9.17) is 10.5 Å². The summed E-state index contributed by atoms with van der Waals surface area (Å²) in [7, 11) is 0. The van der Waals surface area contributed by atoms with Crippen LogP contribution in [0.4, 0.5) is 5.82 Å². The highest BCUT2D eigenvalue weighted by molar-refractivity contribution is 5.58. The van der Waals surface area contributed by atoms with E-state index in [9.17, 15) is 5.26 Å². The van der Waals surface area contributed by atoms with Crippen LogP contribution < -0.4 is 11.1 Å². The molecule has 5 heteroatoms. The summed E-state index contributed by atoms with van der Waals surface area (Å²) in [6, 6.07) is 2.32. The SMILES string of the molecule is Cc1c(C2CCOC(C)(C)C2)nc(N)c(C#N)c1C1CCNCC1. The lowest BCUT2D eigenvalue weighted by molar-refractivity contribution is -0.0598. The van der Waals surface area contributed by atoms with Crippen LogP contribution >= 0.6 is 0 Å². The molecular weight excluding hydrogens is 300 g/mol. The maximum Gasteiger partial charge on any atom is 0.141 e. The summed E-state index contributed by atoms with van der Waals surface area (Å²) in [6.45, 7) is 9.14. The maximum atomic E-state index is 9.63. The van der Waals surface area contributed by atoms with E-state index in [1.165, 1.54) is 5.56 Å². The molecule has 3 heterocycles. The third-order valence-corrected chi connectivity index (χ3v) is 5.50. The summed E-state index contributed by atoms with van der Waals surface area (Å²) in [6.07, 6.45) is 4.02. The lowest BCUT2D eigenvalue weighted by Crippen LogP contribution is -2.34. The van der Waals surface area contributed by atoms with Crippen molar-refractivity contribution in [1.29, 1.82) is 5.26 Å². The minimum absolute atomic E-state index is 0.130. The third-order valence-electron chi connectivity index (χ3n) is 5.50. The minimum atomic E-state index is -0.130. The van der Waals surface area contributed by atoms with E-state index in [0.717, 1.165) is 56.6 Å². The molecule has 1 unspecified atom stereocenters. The highest BCUT2D eigenvalue weighted by Gasteiger charge is 2.33. The number of nitrogens with one attached hydrogen (secondary N) is 1. The Hall–Kier alpha value is -1.64. The van der Waals surface area contributed by atoms with Crippen LogP contribution in [0.5, 0.6) is 0 Å². The van der Waals surface area contributed by atoms with Crippen LogP contribution in [0.2, 0.25) is 0 Å². The number of hydrogen-bond acceptors (Lipinski definition) is 5.